The third-order valence-electron chi connectivity index (χ3n) is 3.48. The maximum atomic E-state index is 12.7. The van der Waals surface area contributed by atoms with Crippen LogP contribution in [0.25, 0.3) is 0 Å². The van der Waals surface area contributed by atoms with Crippen molar-refractivity contribution in [2.45, 2.75) is 19.1 Å². The number of ether oxygens (including phenoxy) is 2. The molecule has 0 radical (unpaired) electrons. The summed E-state index contributed by atoms with van der Waals surface area (Å²) in [7, 11) is 0. The Morgan fingerprint density at radius 3 is 2.74 bits per heavy atom. The van der Waals surface area contributed by atoms with Crippen LogP contribution in [-0.2, 0) is 11.3 Å². The molecule has 1 atom stereocenters. The van der Waals surface area contributed by atoms with Gasteiger partial charge in [-0.1, -0.05) is 30.3 Å². The third kappa shape index (κ3) is 4.15. The number of likely N-dealkylation sites (tertiary alicyclic amines) is 1. The van der Waals surface area contributed by atoms with Crippen molar-refractivity contribution in [2.75, 3.05) is 13.1 Å². The van der Waals surface area contributed by atoms with Gasteiger partial charge < -0.3 is 14.4 Å². The number of carbonyl (C=O) groups excluding carboxylic acids is 1. The van der Waals surface area contributed by atoms with E-state index in [2.05, 4.69) is 9.97 Å². The second-order valence-corrected chi connectivity index (χ2v) is 5.20. The van der Waals surface area contributed by atoms with Gasteiger partial charge in [0.05, 0.1) is 18.9 Å². The Morgan fingerprint density at radius 2 is 2.00 bits per heavy atom. The van der Waals surface area contributed by atoms with E-state index in [1.807, 2.05) is 30.3 Å². The molecule has 1 aliphatic rings. The quantitative estimate of drug-likeness (QED) is 0.866. The Hall–Kier alpha value is -2.70. The lowest BCUT2D eigenvalue weighted by Gasteiger charge is -2.16. The molecule has 2 aromatic rings. The van der Waals surface area contributed by atoms with Gasteiger partial charge >= 0.3 is 12.1 Å². The van der Waals surface area contributed by atoms with Crippen LogP contribution in [-0.4, -0.2) is 40.2 Å². The van der Waals surface area contributed by atoms with Gasteiger partial charge in [0.2, 0.25) is 0 Å². The standard InChI is InChI=1S/C16H16FN3O3/c17-13-8-18-15(19-9-13)23-14-6-7-20(10-14)16(21)22-11-12-4-2-1-3-5-12/h1-5,8-9,14H,6-7,10-11H2. The molecule has 1 fully saturated rings. The van der Waals surface area contributed by atoms with E-state index in [-0.39, 0.29) is 24.8 Å². The van der Waals surface area contributed by atoms with Crippen LogP contribution in [0, 0.1) is 5.82 Å². The van der Waals surface area contributed by atoms with Crippen molar-refractivity contribution in [1.82, 2.24) is 14.9 Å². The Kier molecular flexibility index (Phi) is 4.65. The van der Waals surface area contributed by atoms with Gasteiger partial charge in [-0.25, -0.2) is 19.2 Å². The summed E-state index contributed by atoms with van der Waals surface area (Å²) in [5.74, 6) is -0.519. The number of benzene rings is 1. The van der Waals surface area contributed by atoms with Gasteiger partial charge in [0.1, 0.15) is 12.7 Å². The van der Waals surface area contributed by atoms with E-state index in [4.69, 9.17) is 9.47 Å². The first-order chi connectivity index (χ1) is 11.2. The van der Waals surface area contributed by atoms with Crippen LogP contribution in [0.1, 0.15) is 12.0 Å². The highest BCUT2D eigenvalue weighted by molar-refractivity contribution is 5.68. The SMILES string of the molecule is O=C(OCc1ccccc1)N1CCC(Oc2ncc(F)cn2)C1. The van der Waals surface area contributed by atoms with E-state index in [0.717, 1.165) is 18.0 Å². The fourth-order valence-corrected chi connectivity index (χ4v) is 2.31. The van der Waals surface area contributed by atoms with Crippen molar-refractivity contribution in [3.8, 4) is 6.01 Å². The molecule has 3 rings (SSSR count). The molecule has 1 amide bonds. The zero-order valence-electron chi connectivity index (χ0n) is 12.4. The van der Waals surface area contributed by atoms with Gasteiger partial charge in [0.25, 0.3) is 0 Å². The summed E-state index contributed by atoms with van der Waals surface area (Å²) < 4.78 is 23.6. The Morgan fingerprint density at radius 1 is 1.26 bits per heavy atom. The lowest BCUT2D eigenvalue weighted by atomic mass is 10.2. The van der Waals surface area contributed by atoms with E-state index in [0.29, 0.717) is 19.5 Å². The van der Waals surface area contributed by atoms with Gasteiger partial charge in [-0.3, -0.25) is 0 Å². The average molecular weight is 317 g/mol. The first-order valence-electron chi connectivity index (χ1n) is 7.30. The minimum absolute atomic E-state index is 0.107. The van der Waals surface area contributed by atoms with Gasteiger partial charge in [0, 0.05) is 13.0 Å². The molecule has 1 saturated heterocycles. The maximum absolute atomic E-state index is 12.7. The summed E-state index contributed by atoms with van der Waals surface area (Å²) >= 11 is 0. The lowest BCUT2D eigenvalue weighted by molar-refractivity contribution is 0.0983. The second-order valence-electron chi connectivity index (χ2n) is 5.20. The average Bonchev–Trinajstić information content (AvgIpc) is 3.04. The van der Waals surface area contributed by atoms with Gasteiger partial charge in [-0.15, -0.1) is 0 Å². The van der Waals surface area contributed by atoms with E-state index in [1.165, 1.54) is 0 Å². The van der Waals surface area contributed by atoms with Crippen molar-refractivity contribution < 1.29 is 18.7 Å². The highest BCUT2D eigenvalue weighted by atomic mass is 19.1. The number of hydrogen-bond acceptors (Lipinski definition) is 5. The third-order valence-corrected chi connectivity index (χ3v) is 3.48. The van der Waals surface area contributed by atoms with Gasteiger partial charge in [-0.05, 0) is 5.56 Å². The number of halogens is 1. The van der Waals surface area contributed by atoms with Crippen molar-refractivity contribution in [1.29, 1.82) is 0 Å². The minimum atomic E-state index is -0.519. The molecule has 0 bridgehead atoms. The van der Waals surface area contributed by atoms with E-state index in [1.54, 1.807) is 4.90 Å². The summed E-state index contributed by atoms with van der Waals surface area (Å²) in [6, 6.07) is 9.60. The Bertz CT molecular complexity index is 651. The Labute approximate surface area is 132 Å². The molecule has 2 heterocycles. The predicted molar refractivity (Wildman–Crippen MR) is 79.2 cm³/mol. The number of aromatic nitrogens is 2. The van der Waals surface area contributed by atoms with Crippen molar-refractivity contribution in [3.05, 3.63) is 54.1 Å². The Balaban J connectivity index is 1.47. The molecule has 0 spiro atoms. The molecule has 0 N–H and O–H groups in total. The van der Waals surface area contributed by atoms with Gasteiger partial charge in [-0.2, -0.15) is 0 Å². The van der Waals surface area contributed by atoms with E-state index in [9.17, 15) is 9.18 Å². The van der Waals surface area contributed by atoms with Crippen LogP contribution in [0.5, 0.6) is 6.01 Å². The number of rotatable bonds is 4. The number of hydrogen-bond donors (Lipinski definition) is 0. The largest absolute Gasteiger partial charge is 0.458 e. The second kappa shape index (κ2) is 7.04. The van der Waals surface area contributed by atoms with Gasteiger partial charge in [0.15, 0.2) is 5.82 Å². The molecule has 1 aromatic heterocycles. The normalized spacial score (nSPS) is 17.1. The monoisotopic (exact) mass is 317 g/mol. The van der Waals surface area contributed by atoms with E-state index >= 15 is 0 Å². The maximum Gasteiger partial charge on any atom is 0.410 e. The summed E-state index contributed by atoms with van der Waals surface area (Å²) in [4.78, 5) is 21.1. The molecule has 23 heavy (non-hydrogen) atoms. The molecule has 120 valence electrons. The summed E-state index contributed by atoms with van der Waals surface area (Å²) in [5, 5.41) is 0. The van der Waals surface area contributed by atoms with Crippen LogP contribution >= 0.6 is 0 Å². The first-order valence-corrected chi connectivity index (χ1v) is 7.30. The molecular formula is C16H16FN3O3. The zero-order valence-corrected chi connectivity index (χ0v) is 12.4. The number of amides is 1. The highest BCUT2D eigenvalue weighted by Gasteiger charge is 2.29. The zero-order chi connectivity index (χ0) is 16.1. The molecule has 1 unspecified atom stereocenters. The fourth-order valence-electron chi connectivity index (χ4n) is 2.31. The van der Waals surface area contributed by atoms with Crippen molar-refractivity contribution >= 4 is 6.09 Å². The topological polar surface area (TPSA) is 64.5 Å². The molecule has 1 aliphatic heterocycles. The molecule has 7 heteroatoms. The van der Waals surface area contributed by atoms with Crippen molar-refractivity contribution in [2.24, 2.45) is 0 Å². The molecule has 1 aromatic carbocycles. The molecule has 6 nitrogen and oxygen atoms in total. The smallest absolute Gasteiger partial charge is 0.410 e. The van der Waals surface area contributed by atoms with Crippen molar-refractivity contribution in [3.63, 3.8) is 0 Å². The predicted octanol–water partition coefficient (Wildman–Crippen LogP) is 2.41. The summed E-state index contributed by atoms with van der Waals surface area (Å²) in [5.41, 5.74) is 0.938. The van der Waals surface area contributed by atoms with Crippen LogP contribution in [0.3, 0.4) is 0 Å². The minimum Gasteiger partial charge on any atom is -0.458 e. The number of nitrogens with zero attached hydrogens (tertiary/aromatic N) is 3. The first kappa shape index (κ1) is 15.2. The van der Waals surface area contributed by atoms with Crippen LogP contribution in [0.4, 0.5) is 9.18 Å². The molecular weight excluding hydrogens is 301 g/mol. The van der Waals surface area contributed by atoms with Crippen LogP contribution in [0.2, 0.25) is 0 Å². The molecule has 0 aliphatic carbocycles. The van der Waals surface area contributed by atoms with Crippen LogP contribution < -0.4 is 4.74 Å². The highest BCUT2D eigenvalue weighted by Crippen LogP contribution is 2.16. The van der Waals surface area contributed by atoms with Crippen LogP contribution in [0.15, 0.2) is 42.7 Å². The lowest BCUT2D eigenvalue weighted by Crippen LogP contribution is -2.31. The molecule has 0 saturated carbocycles. The van der Waals surface area contributed by atoms with E-state index < -0.39 is 5.82 Å². The fraction of sp³-hybridized carbons (Fsp3) is 0.312. The summed E-state index contributed by atoms with van der Waals surface area (Å²) in [6.07, 6.45) is 2.15. The number of carbonyl (C=O) groups is 1. The summed E-state index contributed by atoms with van der Waals surface area (Å²) in [6.45, 7) is 1.18.